The smallest absolute Gasteiger partial charge is 0.227 e. The molecule has 2 heterocycles. The third kappa shape index (κ3) is 4.87. The molecule has 0 aliphatic carbocycles. The van der Waals surface area contributed by atoms with E-state index in [4.69, 9.17) is 11.6 Å². The van der Waals surface area contributed by atoms with Gasteiger partial charge >= 0.3 is 0 Å². The van der Waals surface area contributed by atoms with Crippen LogP contribution in [0.5, 0.6) is 0 Å². The molecule has 1 aromatic heterocycles. The lowest BCUT2D eigenvalue weighted by Gasteiger charge is -2.36. The Balaban J connectivity index is 1.70. The van der Waals surface area contributed by atoms with E-state index < -0.39 is 0 Å². The first kappa shape index (κ1) is 19.4. The average Bonchev–Trinajstić information content (AvgIpc) is 3.32. The summed E-state index contributed by atoms with van der Waals surface area (Å²) in [4.78, 5) is 16.8. The number of halogens is 1. The monoisotopic (exact) mass is 390 g/mol. The molecule has 0 spiro atoms. The van der Waals surface area contributed by atoms with Crippen LogP contribution in [0.2, 0.25) is 5.02 Å². The molecule has 1 fully saturated rings. The Kier molecular flexibility index (Phi) is 6.38. The first-order valence-corrected chi connectivity index (χ1v) is 10.5. The van der Waals surface area contributed by atoms with E-state index in [1.165, 1.54) is 17.7 Å². The number of amides is 1. The van der Waals surface area contributed by atoms with Crippen molar-refractivity contribution in [2.24, 2.45) is 0 Å². The lowest BCUT2D eigenvalue weighted by molar-refractivity contribution is -0.123. The quantitative estimate of drug-likeness (QED) is 0.741. The van der Waals surface area contributed by atoms with E-state index in [1.807, 2.05) is 30.3 Å². The summed E-state index contributed by atoms with van der Waals surface area (Å²) in [5.41, 5.74) is 0.999. The van der Waals surface area contributed by atoms with Crippen molar-refractivity contribution in [2.75, 3.05) is 19.6 Å². The fourth-order valence-corrected chi connectivity index (χ4v) is 4.43. The topological polar surface area (TPSA) is 32.3 Å². The molecule has 1 aliphatic rings. The second-order valence-corrected chi connectivity index (χ2v) is 9.08. The molecule has 2 aromatic rings. The summed E-state index contributed by atoms with van der Waals surface area (Å²) in [5, 5.41) is 5.97. The molecule has 1 atom stereocenters. The zero-order valence-corrected chi connectivity index (χ0v) is 17.1. The van der Waals surface area contributed by atoms with Crippen molar-refractivity contribution in [3.8, 4) is 0 Å². The van der Waals surface area contributed by atoms with Gasteiger partial charge in [-0.05, 0) is 75.3 Å². The fraction of sp³-hybridized carbons (Fsp3) is 0.476. The Hall–Kier alpha value is -1.36. The molecule has 1 N–H and O–H groups in total. The summed E-state index contributed by atoms with van der Waals surface area (Å²) >= 11 is 7.72. The van der Waals surface area contributed by atoms with Gasteiger partial charge in [0.25, 0.3) is 0 Å². The Morgan fingerprint density at radius 2 is 1.92 bits per heavy atom. The Bertz CT molecular complexity index is 706. The number of carbonyl (C=O) groups is 1. The van der Waals surface area contributed by atoms with Crippen LogP contribution in [0, 0.1) is 0 Å². The summed E-state index contributed by atoms with van der Waals surface area (Å²) in [6.07, 6.45) is 3.22. The van der Waals surface area contributed by atoms with Crippen LogP contribution >= 0.6 is 22.9 Å². The van der Waals surface area contributed by atoms with Crippen molar-refractivity contribution in [2.45, 2.75) is 44.6 Å². The molecule has 3 rings (SSSR count). The maximum absolute atomic E-state index is 13.1. The Labute approximate surface area is 165 Å². The zero-order chi connectivity index (χ0) is 18.6. The lowest BCUT2D eigenvalue weighted by Crippen LogP contribution is -2.51. The van der Waals surface area contributed by atoms with E-state index in [0.717, 1.165) is 25.1 Å². The van der Waals surface area contributed by atoms with Crippen LogP contribution in [0.4, 0.5) is 0 Å². The molecule has 1 aromatic carbocycles. The van der Waals surface area contributed by atoms with Crippen LogP contribution in [0.25, 0.3) is 0 Å². The number of hydrogen-bond acceptors (Lipinski definition) is 3. The fourth-order valence-electron chi connectivity index (χ4n) is 3.55. The number of thiophene rings is 1. The normalized spacial score (nSPS) is 16.6. The van der Waals surface area contributed by atoms with Gasteiger partial charge in [0.15, 0.2) is 0 Å². The summed E-state index contributed by atoms with van der Waals surface area (Å²) in [6.45, 7) is 7.35. The molecule has 0 saturated carbocycles. The van der Waals surface area contributed by atoms with Gasteiger partial charge in [0, 0.05) is 22.0 Å². The molecule has 0 radical (unpaired) electrons. The van der Waals surface area contributed by atoms with E-state index >= 15 is 0 Å². The number of hydrogen-bond donors (Lipinski definition) is 1. The summed E-state index contributed by atoms with van der Waals surface area (Å²) < 4.78 is 0. The van der Waals surface area contributed by atoms with Gasteiger partial charge in [-0.1, -0.05) is 29.8 Å². The van der Waals surface area contributed by atoms with Crippen LogP contribution in [0.15, 0.2) is 41.8 Å². The van der Waals surface area contributed by atoms with E-state index in [9.17, 15) is 4.79 Å². The molecular formula is C21H27ClN2OS. The van der Waals surface area contributed by atoms with Gasteiger partial charge in [-0.3, -0.25) is 9.69 Å². The largest absolute Gasteiger partial charge is 0.354 e. The van der Waals surface area contributed by atoms with Gasteiger partial charge in [0.1, 0.15) is 0 Å². The van der Waals surface area contributed by atoms with Crippen molar-refractivity contribution in [1.82, 2.24) is 10.2 Å². The molecule has 1 saturated heterocycles. The van der Waals surface area contributed by atoms with Crippen molar-refractivity contribution >= 4 is 28.8 Å². The van der Waals surface area contributed by atoms with Crippen molar-refractivity contribution in [3.63, 3.8) is 0 Å². The molecule has 5 heteroatoms. The maximum Gasteiger partial charge on any atom is 0.227 e. The second kappa shape index (κ2) is 8.55. The van der Waals surface area contributed by atoms with Gasteiger partial charge < -0.3 is 5.32 Å². The molecular weight excluding hydrogens is 364 g/mol. The highest BCUT2D eigenvalue weighted by Crippen LogP contribution is 2.26. The van der Waals surface area contributed by atoms with E-state index in [2.05, 4.69) is 35.5 Å². The maximum atomic E-state index is 13.1. The molecule has 1 amide bonds. The second-order valence-electron chi connectivity index (χ2n) is 7.61. The first-order chi connectivity index (χ1) is 12.5. The number of likely N-dealkylation sites (tertiary alicyclic amines) is 1. The van der Waals surface area contributed by atoms with E-state index in [-0.39, 0.29) is 17.4 Å². The predicted octanol–water partition coefficient (Wildman–Crippen LogP) is 4.72. The highest BCUT2D eigenvalue weighted by Gasteiger charge is 2.30. The van der Waals surface area contributed by atoms with Crippen molar-refractivity contribution in [3.05, 3.63) is 57.2 Å². The predicted molar refractivity (Wildman–Crippen MR) is 110 cm³/mol. The minimum Gasteiger partial charge on any atom is -0.354 e. The minimum atomic E-state index is -0.194. The van der Waals surface area contributed by atoms with Crippen LogP contribution < -0.4 is 5.32 Å². The molecule has 140 valence electrons. The zero-order valence-electron chi connectivity index (χ0n) is 15.5. The number of nitrogens with zero attached hydrogens (tertiary/aromatic N) is 1. The molecule has 0 bridgehead atoms. The van der Waals surface area contributed by atoms with Gasteiger partial charge in [-0.15, -0.1) is 11.3 Å². The number of rotatable bonds is 7. The highest BCUT2D eigenvalue weighted by atomic mass is 35.5. The molecule has 1 unspecified atom stereocenters. The van der Waals surface area contributed by atoms with E-state index in [0.29, 0.717) is 11.6 Å². The van der Waals surface area contributed by atoms with Gasteiger partial charge in [-0.25, -0.2) is 0 Å². The summed E-state index contributed by atoms with van der Waals surface area (Å²) in [5.74, 6) is -0.103. The van der Waals surface area contributed by atoms with Crippen molar-refractivity contribution in [1.29, 1.82) is 0 Å². The molecule has 3 nitrogen and oxygen atoms in total. The third-order valence-electron chi connectivity index (χ3n) is 5.23. The number of nitrogens with one attached hydrogen (secondary N) is 1. The van der Waals surface area contributed by atoms with Crippen LogP contribution in [0.1, 0.15) is 43.0 Å². The highest BCUT2D eigenvalue weighted by molar-refractivity contribution is 7.09. The van der Waals surface area contributed by atoms with Gasteiger partial charge in [0.05, 0.1) is 5.92 Å². The minimum absolute atomic E-state index is 0.0142. The average molecular weight is 391 g/mol. The Morgan fingerprint density at radius 1 is 1.23 bits per heavy atom. The van der Waals surface area contributed by atoms with Crippen LogP contribution in [-0.4, -0.2) is 36.0 Å². The van der Waals surface area contributed by atoms with Gasteiger partial charge in [0.2, 0.25) is 5.91 Å². The number of carbonyl (C=O) groups excluding carboxylic acids is 1. The molecule has 1 aliphatic heterocycles. The van der Waals surface area contributed by atoms with Crippen molar-refractivity contribution < 1.29 is 4.79 Å². The van der Waals surface area contributed by atoms with Crippen LogP contribution in [0.3, 0.4) is 0 Å². The SMILES string of the molecule is CC(C)(CNC(=O)C(Cc1cccs1)c1ccc(Cl)cc1)N1CCCC1. The van der Waals surface area contributed by atoms with Crippen LogP contribution in [-0.2, 0) is 11.2 Å². The third-order valence-corrected chi connectivity index (χ3v) is 6.38. The van der Waals surface area contributed by atoms with E-state index in [1.54, 1.807) is 11.3 Å². The standard InChI is InChI=1S/C21H27ClN2OS/c1-21(2,24-11-3-4-12-24)15-23-20(25)19(14-18-6-5-13-26-18)16-7-9-17(22)10-8-16/h5-10,13,19H,3-4,11-12,14-15H2,1-2H3,(H,23,25). The molecule has 26 heavy (non-hydrogen) atoms. The number of benzene rings is 1. The Morgan fingerprint density at radius 3 is 2.54 bits per heavy atom. The summed E-state index contributed by atoms with van der Waals surface area (Å²) in [6, 6.07) is 11.8. The summed E-state index contributed by atoms with van der Waals surface area (Å²) in [7, 11) is 0. The first-order valence-electron chi connectivity index (χ1n) is 9.26. The van der Waals surface area contributed by atoms with Gasteiger partial charge in [-0.2, -0.15) is 0 Å². The lowest BCUT2D eigenvalue weighted by atomic mass is 9.93.